The first-order valence-corrected chi connectivity index (χ1v) is 7.11. The normalized spacial score (nSPS) is 13.1. The lowest BCUT2D eigenvalue weighted by Gasteiger charge is -2.11. The molecule has 3 heterocycles. The summed E-state index contributed by atoms with van der Waals surface area (Å²) in [6.07, 6.45) is 1.71. The monoisotopic (exact) mass is 304 g/mol. The maximum atomic E-state index is 12.0. The first-order valence-electron chi connectivity index (χ1n) is 7.11. The second-order valence-corrected chi connectivity index (χ2v) is 5.32. The Labute approximate surface area is 131 Å². The maximum Gasteiger partial charge on any atom is 0.298 e. The molecule has 6 nitrogen and oxygen atoms in total. The number of aryl methyl sites for hydroxylation is 1. The van der Waals surface area contributed by atoms with E-state index in [1.165, 1.54) is 0 Å². The van der Waals surface area contributed by atoms with Gasteiger partial charge in [-0.2, -0.15) is 0 Å². The van der Waals surface area contributed by atoms with Gasteiger partial charge in [0.1, 0.15) is 11.6 Å². The molecular weight excluding hydrogens is 292 g/mol. The third kappa shape index (κ3) is 2.12. The molecule has 0 saturated carbocycles. The number of amides is 1. The van der Waals surface area contributed by atoms with Crippen LogP contribution in [0.25, 0.3) is 10.8 Å². The zero-order valence-corrected chi connectivity index (χ0v) is 12.3. The number of rotatable bonds is 2. The van der Waals surface area contributed by atoms with Crippen molar-refractivity contribution in [2.75, 3.05) is 10.6 Å². The van der Waals surface area contributed by atoms with Gasteiger partial charge in [0.15, 0.2) is 0 Å². The summed E-state index contributed by atoms with van der Waals surface area (Å²) < 4.78 is 0. The molecule has 6 heteroatoms. The molecule has 1 aromatic carbocycles. The number of fused-ring (bicyclic) bond motifs is 3. The van der Waals surface area contributed by atoms with Crippen molar-refractivity contribution < 1.29 is 9.59 Å². The van der Waals surface area contributed by atoms with Gasteiger partial charge >= 0.3 is 0 Å². The smallest absolute Gasteiger partial charge is 0.298 e. The Balaban J connectivity index is 1.92. The van der Waals surface area contributed by atoms with Crippen LogP contribution in [0.5, 0.6) is 0 Å². The molecule has 1 aliphatic heterocycles. The predicted molar refractivity (Wildman–Crippen MR) is 87.0 cm³/mol. The van der Waals surface area contributed by atoms with Gasteiger partial charge in [0.05, 0.1) is 5.56 Å². The summed E-state index contributed by atoms with van der Waals surface area (Å²) in [7, 11) is 0. The van der Waals surface area contributed by atoms with E-state index in [4.69, 9.17) is 0 Å². The van der Waals surface area contributed by atoms with Crippen molar-refractivity contribution in [2.24, 2.45) is 0 Å². The van der Waals surface area contributed by atoms with Crippen molar-refractivity contribution in [1.29, 1.82) is 0 Å². The summed E-state index contributed by atoms with van der Waals surface area (Å²) in [5.41, 5.74) is 2.05. The van der Waals surface area contributed by atoms with Gasteiger partial charge in [0.25, 0.3) is 11.7 Å². The van der Waals surface area contributed by atoms with Crippen LogP contribution in [0.4, 0.5) is 17.3 Å². The van der Waals surface area contributed by atoms with E-state index in [1.54, 1.807) is 6.20 Å². The van der Waals surface area contributed by atoms with Gasteiger partial charge in [-0.1, -0.05) is 24.3 Å². The van der Waals surface area contributed by atoms with Crippen LogP contribution in [0.15, 0.2) is 42.6 Å². The quantitative estimate of drug-likeness (QED) is 0.711. The average Bonchev–Trinajstić information content (AvgIpc) is 2.82. The van der Waals surface area contributed by atoms with Crippen LogP contribution < -0.4 is 10.6 Å². The van der Waals surface area contributed by atoms with Gasteiger partial charge in [-0.25, -0.2) is 4.98 Å². The van der Waals surface area contributed by atoms with Gasteiger partial charge < -0.3 is 10.6 Å². The Hall–Kier alpha value is -3.28. The molecular formula is C17H12N4O2. The maximum absolute atomic E-state index is 12.0. The Morgan fingerprint density at radius 2 is 1.87 bits per heavy atom. The Morgan fingerprint density at radius 3 is 2.65 bits per heavy atom. The number of ketones is 1. The molecule has 2 N–H and O–H groups in total. The number of nitrogens with one attached hydrogen (secondary N) is 2. The van der Waals surface area contributed by atoms with Crippen molar-refractivity contribution in [1.82, 2.24) is 9.97 Å². The molecule has 0 bridgehead atoms. The van der Waals surface area contributed by atoms with Gasteiger partial charge in [-0.3, -0.25) is 14.6 Å². The SMILES string of the molecule is Cc1cc(Nc2nc3c(c4ccccc24)C(=O)C(=O)N3)ccn1. The minimum absolute atomic E-state index is 0.298. The van der Waals surface area contributed by atoms with E-state index >= 15 is 0 Å². The molecule has 3 aromatic rings. The summed E-state index contributed by atoms with van der Waals surface area (Å²) in [5.74, 6) is -0.309. The van der Waals surface area contributed by atoms with Crippen molar-refractivity contribution in [3.63, 3.8) is 0 Å². The summed E-state index contributed by atoms with van der Waals surface area (Å²) >= 11 is 0. The molecule has 1 aliphatic rings. The van der Waals surface area contributed by atoms with Crippen LogP contribution in [0, 0.1) is 6.92 Å². The molecule has 0 atom stereocenters. The fourth-order valence-corrected chi connectivity index (χ4v) is 2.72. The van der Waals surface area contributed by atoms with Crippen LogP contribution >= 0.6 is 0 Å². The van der Waals surface area contributed by atoms with Crippen LogP contribution in [0.2, 0.25) is 0 Å². The molecule has 2 aromatic heterocycles. The zero-order valence-electron chi connectivity index (χ0n) is 12.3. The molecule has 0 aliphatic carbocycles. The van der Waals surface area contributed by atoms with E-state index in [-0.39, 0.29) is 0 Å². The van der Waals surface area contributed by atoms with Crippen LogP contribution in [-0.2, 0) is 4.79 Å². The minimum atomic E-state index is -0.644. The lowest BCUT2D eigenvalue weighted by atomic mass is 10.0. The molecule has 1 amide bonds. The molecule has 4 rings (SSSR count). The van der Waals surface area contributed by atoms with Crippen molar-refractivity contribution >= 4 is 39.8 Å². The molecule has 0 unspecified atom stereocenters. The second-order valence-electron chi connectivity index (χ2n) is 5.32. The zero-order chi connectivity index (χ0) is 16.0. The van der Waals surface area contributed by atoms with Crippen molar-refractivity contribution in [2.45, 2.75) is 6.92 Å². The van der Waals surface area contributed by atoms with Crippen molar-refractivity contribution in [3.05, 3.63) is 53.9 Å². The molecule has 23 heavy (non-hydrogen) atoms. The topological polar surface area (TPSA) is 84.0 Å². The van der Waals surface area contributed by atoms with Crippen molar-refractivity contribution in [3.8, 4) is 0 Å². The highest BCUT2D eigenvalue weighted by molar-refractivity contribution is 6.53. The van der Waals surface area contributed by atoms with Gasteiger partial charge in [-0.15, -0.1) is 0 Å². The van der Waals surface area contributed by atoms with Gasteiger partial charge in [-0.05, 0) is 19.1 Å². The Kier molecular flexibility index (Phi) is 2.84. The van der Waals surface area contributed by atoms with Crippen LogP contribution in [0.1, 0.15) is 16.1 Å². The van der Waals surface area contributed by atoms with Gasteiger partial charge in [0.2, 0.25) is 0 Å². The number of aromatic nitrogens is 2. The van der Waals surface area contributed by atoms with E-state index < -0.39 is 11.7 Å². The summed E-state index contributed by atoms with van der Waals surface area (Å²) in [5, 5.41) is 7.24. The van der Waals surface area contributed by atoms with E-state index in [9.17, 15) is 9.59 Å². The number of hydrogen-bond donors (Lipinski definition) is 2. The highest BCUT2D eigenvalue weighted by Crippen LogP contribution is 2.34. The molecule has 0 saturated heterocycles. The number of carbonyl (C=O) groups excluding carboxylic acids is 2. The van der Waals surface area contributed by atoms with Gasteiger partial charge in [0, 0.05) is 28.4 Å². The Bertz CT molecular complexity index is 981. The van der Waals surface area contributed by atoms with E-state index in [0.717, 1.165) is 16.8 Å². The van der Waals surface area contributed by atoms with E-state index in [1.807, 2.05) is 43.3 Å². The third-order valence-corrected chi connectivity index (χ3v) is 3.74. The number of nitrogens with zero attached hydrogens (tertiary/aromatic N) is 2. The van der Waals surface area contributed by atoms with Crippen LogP contribution in [-0.4, -0.2) is 21.7 Å². The highest BCUT2D eigenvalue weighted by Gasteiger charge is 2.32. The number of Topliss-reactive ketones (excluding diaryl/α,β-unsaturated/α-hetero) is 1. The Morgan fingerprint density at radius 1 is 1.09 bits per heavy atom. The standard InChI is InChI=1S/C17H12N4O2/c1-9-8-10(6-7-18-9)19-15-12-5-3-2-4-11(12)13-14(22)17(23)21-16(13)20-15/h2-8H,1H3,(H2,18,19,20,21,22,23). The second kappa shape index (κ2) is 4.88. The fourth-order valence-electron chi connectivity index (χ4n) is 2.72. The first-order chi connectivity index (χ1) is 11.1. The molecule has 0 spiro atoms. The number of hydrogen-bond acceptors (Lipinski definition) is 5. The summed E-state index contributed by atoms with van der Waals surface area (Å²) in [4.78, 5) is 32.3. The lowest BCUT2D eigenvalue weighted by molar-refractivity contribution is -0.112. The molecule has 0 fully saturated rings. The summed E-state index contributed by atoms with van der Waals surface area (Å²) in [6, 6.07) is 11.1. The van der Waals surface area contributed by atoms with E-state index in [2.05, 4.69) is 20.6 Å². The largest absolute Gasteiger partial charge is 0.340 e. The number of carbonyl (C=O) groups is 2. The van der Waals surface area contributed by atoms with E-state index in [0.29, 0.717) is 22.6 Å². The number of pyridine rings is 2. The minimum Gasteiger partial charge on any atom is -0.340 e. The first kappa shape index (κ1) is 13.4. The third-order valence-electron chi connectivity index (χ3n) is 3.74. The lowest BCUT2D eigenvalue weighted by Crippen LogP contribution is -2.12. The number of anilines is 3. The average molecular weight is 304 g/mol. The predicted octanol–water partition coefficient (Wildman–Crippen LogP) is 2.82. The summed E-state index contributed by atoms with van der Waals surface area (Å²) in [6.45, 7) is 1.90. The molecule has 112 valence electrons. The number of benzene rings is 1. The highest BCUT2D eigenvalue weighted by atomic mass is 16.2. The van der Waals surface area contributed by atoms with Crippen LogP contribution in [0.3, 0.4) is 0 Å². The fraction of sp³-hybridized carbons (Fsp3) is 0.0588. The molecule has 0 radical (unpaired) electrons.